The monoisotopic (exact) mass is 268 g/mol. The largest absolute Gasteiger partial charge is 0.356 e. The van der Waals surface area contributed by atoms with Crippen molar-refractivity contribution in [1.29, 1.82) is 0 Å². The van der Waals surface area contributed by atoms with Crippen LogP contribution >= 0.6 is 12.4 Å². The third-order valence-corrected chi connectivity index (χ3v) is 3.23. The Morgan fingerprint density at radius 3 is 2.78 bits per heavy atom. The predicted octanol–water partition coefficient (Wildman–Crippen LogP) is 1.77. The number of nitrogens with one attached hydrogen (secondary N) is 2. The minimum Gasteiger partial charge on any atom is -0.356 e. The molecule has 2 rings (SSSR count). The Balaban J connectivity index is 0.00000162. The van der Waals surface area contributed by atoms with Gasteiger partial charge >= 0.3 is 0 Å². The van der Waals surface area contributed by atoms with Crippen LogP contribution in [0.3, 0.4) is 0 Å². The molecule has 1 unspecified atom stereocenters. The summed E-state index contributed by atoms with van der Waals surface area (Å²) in [6, 6.07) is 10.1. The van der Waals surface area contributed by atoms with Crippen LogP contribution in [0.2, 0.25) is 0 Å². The summed E-state index contributed by atoms with van der Waals surface area (Å²) in [7, 11) is 0. The fourth-order valence-corrected chi connectivity index (χ4v) is 2.14. The van der Waals surface area contributed by atoms with Crippen LogP contribution in [-0.2, 0) is 11.2 Å². The van der Waals surface area contributed by atoms with Gasteiger partial charge < -0.3 is 10.6 Å². The highest BCUT2D eigenvalue weighted by atomic mass is 35.5. The van der Waals surface area contributed by atoms with Crippen molar-refractivity contribution in [2.75, 3.05) is 19.6 Å². The fraction of sp³-hybridized carbons (Fsp3) is 0.500. The Labute approximate surface area is 115 Å². The summed E-state index contributed by atoms with van der Waals surface area (Å²) >= 11 is 0. The van der Waals surface area contributed by atoms with E-state index in [0.717, 1.165) is 26.1 Å². The summed E-state index contributed by atoms with van der Waals surface area (Å²) in [4.78, 5) is 11.6. The average Bonchev–Trinajstić information content (AvgIpc) is 2.88. The molecule has 1 heterocycles. The molecule has 0 radical (unpaired) electrons. The number of rotatable bonds is 5. The lowest BCUT2D eigenvalue weighted by Crippen LogP contribution is -2.30. The molecule has 2 N–H and O–H groups in total. The average molecular weight is 269 g/mol. The summed E-state index contributed by atoms with van der Waals surface area (Å²) in [6.45, 7) is 2.95. The second-order valence-electron chi connectivity index (χ2n) is 4.65. The minimum absolute atomic E-state index is 0. The van der Waals surface area contributed by atoms with E-state index in [9.17, 15) is 4.79 Å². The molecular weight excluding hydrogens is 248 g/mol. The molecule has 0 saturated carbocycles. The minimum atomic E-state index is 0. The van der Waals surface area contributed by atoms with Crippen LogP contribution in [0.4, 0.5) is 0 Å². The van der Waals surface area contributed by atoms with Crippen molar-refractivity contribution < 1.29 is 4.79 Å². The Kier molecular flexibility index (Phi) is 6.76. The van der Waals surface area contributed by atoms with Gasteiger partial charge in [-0.3, -0.25) is 4.79 Å². The molecule has 0 aromatic heterocycles. The van der Waals surface area contributed by atoms with Crippen molar-refractivity contribution in [1.82, 2.24) is 10.6 Å². The molecule has 4 heteroatoms. The summed E-state index contributed by atoms with van der Waals surface area (Å²) < 4.78 is 0. The first-order valence-corrected chi connectivity index (χ1v) is 6.36. The molecule has 0 aliphatic carbocycles. The van der Waals surface area contributed by atoms with E-state index in [1.165, 1.54) is 12.0 Å². The second kappa shape index (κ2) is 8.11. The molecule has 1 fully saturated rings. The number of amides is 1. The molecule has 1 amide bonds. The van der Waals surface area contributed by atoms with Gasteiger partial charge in [-0.2, -0.15) is 0 Å². The smallest absolute Gasteiger partial charge is 0.220 e. The maximum Gasteiger partial charge on any atom is 0.220 e. The van der Waals surface area contributed by atoms with Crippen LogP contribution < -0.4 is 10.6 Å². The van der Waals surface area contributed by atoms with Crippen molar-refractivity contribution in [2.24, 2.45) is 5.92 Å². The summed E-state index contributed by atoms with van der Waals surface area (Å²) in [5, 5.41) is 6.32. The Morgan fingerprint density at radius 1 is 1.33 bits per heavy atom. The number of carbonyl (C=O) groups is 1. The number of benzene rings is 1. The molecule has 1 aliphatic rings. The topological polar surface area (TPSA) is 41.1 Å². The van der Waals surface area contributed by atoms with E-state index in [0.29, 0.717) is 12.3 Å². The highest BCUT2D eigenvalue weighted by Crippen LogP contribution is 2.06. The van der Waals surface area contributed by atoms with Gasteiger partial charge in [-0.1, -0.05) is 30.3 Å². The number of halogens is 1. The Hall–Kier alpha value is -1.06. The van der Waals surface area contributed by atoms with E-state index in [2.05, 4.69) is 22.8 Å². The molecule has 1 aliphatic heterocycles. The molecule has 1 aromatic carbocycles. The zero-order valence-electron chi connectivity index (χ0n) is 10.5. The quantitative estimate of drug-likeness (QED) is 0.855. The van der Waals surface area contributed by atoms with E-state index in [1.54, 1.807) is 0 Å². The first-order valence-electron chi connectivity index (χ1n) is 6.36. The number of aryl methyl sites for hydroxylation is 1. The Morgan fingerprint density at radius 2 is 2.11 bits per heavy atom. The Bertz CT molecular complexity index is 350. The standard InChI is InChI=1S/C14H20N2O.ClH/c17-14(16-11-13-8-9-15-10-13)7-6-12-4-2-1-3-5-12;/h1-5,13,15H,6-11H2,(H,16,17);1H. The van der Waals surface area contributed by atoms with E-state index in [4.69, 9.17) is 0 Å². The van der Waals surface area contributed by atoms with Crippen LogP contribution in [0.15, 0.2) is 30.3 Å². The SMILES string of the molecule is Cl.O=C(CCc1ccccc1)NCC1CCNC1. The van der Waals surface area contributed by atoms with Crippen molar-refractivity contribution in [3.63, 3.8) is 0 Å². The molecular formula is C14H21ClN2O. The maximum atomic E-state index is 11.6. The van der Waals surface area contributed by atoms with Gasteiger partial charge in [0.05, 0.1) is 0 Å². The third-order valence-electron chi connectivity index (χ3n) is 3.23. The molecule has 1 saturated heterocycles. The first-order chi connectivity index (χ1) is 8.34. The summed E-state index contributed by atoms with van der Waals surface area (Å²) in [5.41, 5.74) is 1.23. The van der Waals surface area contributed by atoms with E-state index >= 15 is 0 Å². The van der Waals surface area contributed by atoms with Crippen molar-refractivity contribution in [3.05, 3.63) is 35.9 Å². The van der Waals surface area contributed by atoms with Gasteiger partial charge in [0, 0.05) is 13.0 Å². The lowest BCUT2D eigenvalue weighted by atomic mass is 10.1. The third kappa shape index (κ3) is 5.07. The van der Waals surface area contributed by atoms with Gasteiger partial charge in [0.15, 0.2) is 0 Å². The van der Waals surface area contributed by atoms with Crippen LogP contribution in [0.25, 0.3) is 0 Å². The van der Waals surface area contributed by atoms with Gasteiger partial charge in [-0.05, 0) is 37.4 Å². The van der Waals surface area contributed by atoms with Crippen LogP contribution in [0.1, 0.15) is 18.4 Å². The zero-order valence-corrected chi connectivity index (χ0v) is 11.3. The molecule has 18 heavy (non-hydrogen) atoms. The molecule has 3 nitrogen and oxygen atoms in total. The fourth-order valence-electron chi connectivity index (χ4n) is 2.14. The van der Waals surface area contributed by atoms with Crippen LogP contribution in [-0.4, -0.2) is 25.5 Å². The highest BCUT2D eigenvalue weighted by molar-refractivity contribution is 5.85. The van der Waals surface area contributed by atoms with Crippen molar-refractivity contribution in [3.8, 4) is 0 Å². The normalized spacial score (nSPS) is 18.1. The van der Waals surface area contributed by atoms with E-state index in [-0.39, 0.29) is 18.3 Å². The summed E-state index contributed by atoms with van der Waals surface area (Å²) in [6.07, 6.45) is 2.60. The van der Waals surface area contributed by atoms with Gasteiger partial charge in [-0.25, -0.2) is 0 Å². The molecule has 1 atom stereocenters. The van der Waals surface area contributed by atoms with Crippen LogP contribution in [0, 0.1) is 5.92 Å². The molecule has 1 aromatic rings. The van der Waals surface area contributed by atoms with Gasteiger partial charge in [0.25, 0.3) is 0 Å². The van der Waals surface area contributed by atoms with Crippen molar-refractivity contribution >= 4 is 18.3 Å². The number of carbonyl (C=O) groups excluding carboxylic acids is 1. The van der Waals surface area contributed by atoms with Gasteiger partial charge in [0.2, 0.25) is 5.91 Å². The zero-order chi connectivity index (χ0) is 11.9. The first kappa shape index (κ1) is 15.0. The van der Waals surface area contributed by atoms with E-state index < -0.39 is 0 Å². The molecule has 0 bridgehead atoms. The highest BCUT2D eigenvalue weighted by Gasteiger charge is 2.14. The van der Waals surface area contributed by atoms with Crippen molar-refractivity contribution in [2.45, 2.75) is 19.3 Å². The van der Waals surface area contributed by atoms with Gasteiger partial charge in [0.1, 0.15) is 0 Å². The lowest BCUT2D eigenvalue weighted by molar-refractivity contribution is -0.121. The lowest BCUT2D eigenvalue weighted by Gasteiger charge is -2.09. The van der Waals surface area contributed by atoms with Gasteiger partial charge in [-0.15, -0.1) is 12.4 Å². The second-order valence-corrected chi connectivity index (χ2v) is 4.65. The predicted molar refractivity (Wildman–Crippen MR) is 76.0 cm³/mol. The van der Waals surface area contributed by atoms with Crippen LogP contribution in [0.5, 0.6) is 0 Å². The van der Waals surface area contributed by atoms with E-state index in [1.807, 2.05) is 18.2 Å². The molecule has 0 spiro atoms. The molecule has 100 valence electrons. The number of hydrogen-bond acceptors (Lipinski definition) is 2. The number of hydrogen-bond donors (Lipinski definition) is 2. The summed E-state index contributed by atoms with van der Waals surface area (Å²) in [5.74, 6) is 0.788. The maximum absolute atomic E-state index is 11.6.